The minimum Gasteiger partial charge on any atom is -0.323 e. The van der Waals surface area contributed by atoms with Gasteiger partial charge in [-0.1, -0.05) is 17.7 Å². The molecular formula is C17H16ClN3O3S2. The number of hydrogen-bond donors (Lipinski definition) is 1. The molecule has 0 spiro atoms. The van der Waals surface area contributed by atoms with Crippen molar-refractivity contribution in [2.75, 3.05) is 18.9 Å². The molecule has 1 aromatic carbocycles. The maximum absolute atomic E-state index is 12.4. The van der Waals surface area contributed by atoms with Gasteiger partial charge in [0.05, 0.1) is 17.9 Å². The van der Waals surface area contributed by atoms with Crippen molar-refractivity contribution < 1.29 is 13.2 Å². The summed E-state index contributed by atoms with van der Waals surface area (Å²) in [6.45, 7) is -0.298. The highest BCUT2D eigenvalue weighted by Crippen LogP contribution is 2.25. The van der Waals surface area contributed by atoms with Gasteiger partial charge in [0.2, 0.25) is 5.91 Å². The Balaban J connectivity index is 1.77. The van der Waals surface area contributed by atoms with E-state index in [9.17, 15) is 13.2 Å². The number of nitrogens with zero attached hydrogens (tertiary/aromatic N) is 2. The van der Waals surface area contributed by atoms with E-state index < -0.39 is 15.9 Å². The van der Waals surface area contributed by atoms with Crippen LogP contribution in [0.3, 0.4) is 0 Å². The fraction of sp³-hybridized carbons (Fsp3) is 0.118. The summed E-state index contributed by atoms with van der Waals surface area (Å²) in [6.07, 6.45) is 3.66. The molecule has 1 amide bonds. The van der Waals surface area contributed by atoms with Gasteiger partial charge in [-0.3, -0.25) is 4.79 Å². The van der Waals surface area contributed by atoms with Crippen LogP contribution in [0.25, 0.3) is 5.69 Å². The summed E-state index contributed by atoms with van der Waals surface area (Å²) in [5, 5.41) is 4.96. The van der Waals surface area contributed by atoms with Crippen molar-refractivity contribution in [2.24, 2.45) is 0 Å². The molecule has 2 heterocycles. The number of benzene rings is 1. The molecule has 0 unspecified atom stereocenters. The van der Waals surface area contributed by atoms with Gasteiger partial charge in [-0.25, -0.2) is 8.42 Å². The quantitative estimate of drug-likeness (QED) is 0.677. The highest BCUT2D eigenvalue weighted by molar-refractivity contribution is 7.91. The van der Waals surface area contributed by atoms with Crippen LogP contribution in [0.4, 0.5) is 5.69 Å². The predicted octanol–water partition coefficient (Wildman–Crippen LogP) is 3.45. The third kappa shape index (κ3) is 3.99. The van der Waals surface area contributed by atoms with Gasteiger partial charge in [0, 0.05) is 24.5 Å². The minimum atomic E-state index is -3.68. The van der Waals surface area contributed by atoms with E-state index in [0.29, 0.717) is 16.4 Å². The SMILES string of the molecule is CN(CC(=O)Nc1ccc(Cl)cc1-n1cccc1)S(=O)(=O)c1cccs1. The summed E-state index contributed by atoms with van der Waals surface area (Å²) in [5.41, 5.74) is 1.23. The summed E-state index contributed by atoms with van der Waals surface area (Å²) in [4.78, 5) is 12.4. The summed E-state index contributed by atoms with van der Waals surface area (Å²) in [7, 11) is -2.30. The van der Waals surface area contributed by atoms with E-state index in [1.165, 1.54) is 13.1 Å². The van der Waals surface area contributed by atoms with Crippen molar-refractivity contribution in [1.29, 1.82) is 0 Å². The predicted molar refractivity (Wildman–Crippen MR) is 104 cm³/mol. The van der Waals surface area contributed by atoms with Crippen LogP contribution in [-0.2, 0) is 14.8 Å². The number of halogens is 1. The molecule has 9 heteroatoms. The lowest BCUT2D eigenvalue weighted by Crippen LogP contribution is -2.34. The van der Waals surface area contributed by atoms with Crippen LogP contribution in [0.2, 0.25) is 5.02 Å². The van der Waals surface area contributed by atoms with E-state index in [2.05, 4.69) is 5.32 Å². The first kappa shape index (κ1) is 18.7. The molecule has 0 fully saturated rings. The van der Waals surface area contributed by atoms with Crippen LogP contribution < -0.4 is 5.32 Å². The van der Waals surface area contributed by atoms with E-state index in [-0.39, 0.29) is 10.8 Å². The van der Waals surface area contributed by atoms with Crippen LogP contribution in [0.5, 0.6) is 0 Å². The fourth-order valence-electron chi connectivity index (χ4n) is 2.36. The van der Waals surface area contributed by atoms with Crippen molar-refractivity contribution >= 4 is 44.6 Å². The molecule has 26 heavy (non-hydrogen) atoms. The lowest BCUT2D eigenvalue weighted by Gasteiger charge is -2.17. The number of hydrogen-bond acceptors (Lipinski definition) is 4. The molecular weight excluding hydrogens is 394 g/mol. The Morgan fingerprint density at radius 1 is 1.23 bits per heavy atom. The molecule has 2 aromatic heterocycles. The molecule has 136 valence electrons. The standard InChI is InChI=1S/C17H16ClN3O3S2/c1-20(26(23,24)17-5-4-10-25-17)12-16(22)19-14-7-6-13(18)11-15(14)21-8-2-3-9-21/h2-11H,12H2,1H3,(H,19,22). The number of rotatable bonds is 6. The Labute approximate surface area is 160 Å². The highest BCUT2D eigenvalue weighted by Gasteiger charge is 2.24. The van der Waals surface area contributed by atoms with Gasteiger partial charge < -0.3 is 9.88 Å². The van der Waals surface area contributed by atoms with Crippen molar-refractivity contribution in [2.45, 2.75) is 4.21 Å². The Morgan fingerprint density at radius 3 is 2.62 bits per heavy atom. The first-order valence-corrected chi connectivity index (χ1v) is 10.3. The molecule has 3 aromatic rings. The van der Waals surface area contributed by atoms with Gasteiger partial charge in [-0.2, -0.15) is 4.31 Å². The maximum atomic E-state index is 12.4. The van der Waals surface area contributed by atoms with Gasteiger partial charge >= 0.3 is 0 Å². The molecule has 0 saturated heterocycles. The number of amides is 1. The van der Waals surface area contributed by atoms with Gasteiger partial charge in [-0.05, 0) is 41.8 Å². The van der Waals surface area contributed by atoms with Crippen LogP contribution in [0, 0.1) is 0 Å². The summed E-state index contributed by atoms with van der Waals surface area (Å²) in [6, 6.07) is 11.9. The molecule has 0 aliphatic rings. The third-order valence-corrected chi connectivity index (χ3v) is 7.05. The van der Waals surface area contributed by atoms with E-state index in [4.69, 9.17) is 11.6 Å². The highest BCUT2D eigenvalue weighted by atomic mass is 35.5. The van der Waals surface area contributed by atoms with Gasteiger partial charge in [0.15, 0.2) is 0 Å². The Morgan fingerprint density at radius 2 is 1.96 bits per heavy atom. The Bertz CT molecular complexity index is 1000. The lowest BCUT2D eigenvalue weighted by molar-refractivity contribution is -0.116. The zero-order valence-electron chi connectivity index (χ0n) is 13.8. The monoisotopic (exact) mass is 409 g/mol. The van der Waals surface area contributed by atoms with Crippen molar-refractivity contribution in [3.8, 4) is 5.69 Å². The van der Waals surface area contributed by atoms with Crippen LogP contribution in [0.15, 0.2) is 64.4 Å². The maximum Gasteiger partial charge on any atom is 0.252 e. The zero-order valence-corrected chi connectivity index (χ0v) is 16.2. The van der Waals surface area contributed by atoms with Gasteiger partial charge in [0.25, 0.3) is 10.0 Å². The molecule has 1 N–H and O–H groups in total. The van der Waals surface area contributed by atoms with E-state index >= 15 is 0 Å². The second kappa shape index (κ2) is 7.63. The number of carbonyl (C=O) groups excluding carboxylic acids is 1. The van der Waals surface area contributed by atoms with Crippen molar-refractivity contribution in [1.82, 2.24) is 8.87 Å². The topological polar surface area (TPSA) is 71.4 Å². The molecule has 0 bridgehead atoms. The molecule has 6 nitrogen and oxygen atoms in total. The van der Waals surface area contributed by atoms with Crippen molar-refractivity contribution in [3.63, 3.8) is 0 Å². The van der Waals surface area contributed by atoms with Gasteiger partial charge in [-0.15, -0.1) is 11.3 Å². The molecule has 0 saturated carbocycles. The molecule has 0 aliphatic carbocycles. The summed E-state index contributed by atoms with van der Waals surface area (Å²) < 4.78 is 27.9. The van der Waals surface area contributed by atoms with Crippen LogP contribution in [0.1, 0.15) is 0 Å². The normalized spacial score (nSPS) is 11.7. The molecule has 0 atom stereocenters. The molecule has 0 aliphatic heterocycles. The number of anilines is 1. The van der Waals surface area contributed by atoms with E-state index in [1.807, 2.05) is 29.1 Å². The first-order chi connectivity index (χ1) is 12.4. The minimum absolute atomic E-state index is 0.201. The van der Waals surface area contributed by atoms with Crippen LogP contribution in [-0.4, -0.2) is 36.8 Å². The van der Waals surface area contributed by atoms with E-state index in [1.54, 1.807) is 29.6 Å². The second-order valence-corrected chi connectivity index (χ2v) is 9.15. The largest absolute Gasteiger partial charge is 0.323 e. The number of likely N-dealkylation sites (N-methyl/N-ethyl adjacent to an activating group) is 1. The third-order valence-electron chi connectivity index (χ3n) is 3.64. The number of nitrogens with one attached hydrogen (secondary N) is 1. The average molecular weight is 410 g/mol. The number of sulfonamides is 1. The number of thiophene rings is 1. The lowest BCUT2D eigenvalue weighted by atomic mass is 10.2. The molecule has 0 radical (unpaired) electrons. The average Bonchev–Trinajstić information content (AvgIpc) is 3.30. The van der Waals surface area contributed by atoms with Crippen molar-refractivity contribution in [3.05, 3.63) is 65.3 Å². The van der Waals surface area contributed by atoms with E-state index in [0.717, 1.165) is 15.6 Å². The van der Waals surface area contributed by atoms with Crippen LogP contribution >= 0.6 is 22.9 Å². The number of aromatic nitrogens is 1. The summed E-state index contributed by atoms with van der Waals surface area (Å²) in [5.74, 6) is -0.441. The van der Waals surface area contributed by atoms with Gasteiger partial charge in [0.1, 0.15) is 4.21 Å². The molecule has 3 rings (SSSR count). The Kier molecular flexibility index (Phi) is 5.47. The smallest absolute Gasteiger partial charge is 0.252 e. The zero-order chi connectivity index (χ0) is 18.7. The first-order valence-electron chi connectivity index (χ1n) is 7.60. The second-order valence-electron chi connectivity index (χ2n) is 5.49. The summed E-state index contributed by atoms with van der Waals surface area (Å²) >= 11 is 7.17. The fourth-order valence-corrected chi connectivity index (χ4v) is 4.85. The Hall–Kier alpha value is -2.13. The number of carbonyl (C=O) groups is 1.